The van der Waals surface area contributed by atoms with Gasteiger partial charge in [-0.15, -0.1) is 6.58 Å². The summed E-state index contributed by atoms with van der Waals surface area (Å²) in [6.45, 7) is 5.53. The highest BCUT2D eigenvalue weighted by molar-refractivity contribution is 5.78. The molecule has 180 valence electrons. The number of hydrogen-bond acceptors (Lipinski definition) is 4. The van der Waals surface area contributed by atoms with Crippen molar-refractivity contribution in [2.24, 2.45) is 0 Å². The van der Waals surface area contributed by atoms with Crippen LogP contribution in [-0.2, 0) is 30.6 Å². The van der Waals surface area contributed by atoms with Gasteiger partial charge in [0.1, 0.15) is 23.9 Å². The van der Waals surface area contributed by atoms with Crippen molar-refractivity contribution in [3.63, 3.8) is 0 Å². The van der Waals surface area contributed by atoms with Gasteiger partial charge in [-0.3, -0.25) is 4.79 Å². The van der Waals surface area contributed by atoms with Gasteiger partial charge in [0.2, 0.25) is 5.91 Å². The Hall–Kier alpha value is -4.06. The highest BCUT2D eigenvalue weighted by Gasteiger charge is 2.12. The molecule has 6 heteroatoms. The van der Waals surface area contributed by atoms with Crippen molar-refractivity contribution < 1.29 is 14.3 Å². The molecule has 0 spiro atoms. The van der Waals surface area contributed by atoms with Crippen LogP contribution in [0.1, 0.15) is 17.0 Å². The first-order chi connectivity index (χ1) is 17.2. The normalized spacial score (nSPS) is 10.8. The minimum Gasteiger partial charge on any atom is -0.497 e. The summed E-state index contributed by atoms with van der Waals surface area (Å²) >= 11 is 0. The van der Waals surface area contributed by atoms with Gasteiger partial charge in [-0.05, 0) is 47.9 Å². The second kappa shape index (κ2) is 11.9. The number of methoxy groups -OCH3 is 1. The van der Waals surface area contributed by atoms with E-state index < -0.39 is 0 Å². The van der Waals surface area contributed by atoms with Crippen molar-refractivity contribution in [1.82, 2.24) is 14.9 Å². The summed E-state index contributed by atoms with van der Waals surface area (Å²) in [6, 6.07) is 23.7. The van der Waals surface area contributed by atoms with Crippen molar-refractivity contribution in [2.45, 2.75) is 25.8 Å². The lowest BCUT2D eigenvalue weighted by molar-refractivity contribution is -0.120. The summed E-state index contributed by atoms with van der Waals surface area (Å²) in [5, 5.41) is 3.02. The Morgan fingerprint density at radius 2 is 1.83 bits per heavy atom. The number of para-hydroxylation sites is 3. The topological polar surface area (TPSA) is 65.4 Å². The van der Waals surface area contributed by atoms with Crippen LogP contribution in [0.15, 0.2) is 85.5 Å². The first-order valence-corrected chi connectivity index (χ1v) is 11.8. The first kappa shape index (κ1) is 24.1. The Morgan fingerprint density at radius 3 is 2.63 bits per heavy atom. The fourth-order valence-electron chi connectivity index (χ4n) is 4.09. The molecule has 0 saturated heterocycles. The third-order valence-electron chi connectivity index (χ3n) is 5.84. The molecule has 1 N–H and O–H groups in total. The highest BCUT2D eigenvalue weighted by atomic mass is 16.5. The molecular formula is C29H31N3O3. The number of imidazole rings is 1. The summed E-state index contributed by atoms with van der Waals surface area (Å²) in [5.74, 6) is 2.57. The van der Waals surface area contributed by atoms with E-state index in [-0.39, 0.29) is 5.91 Å². The van der Waals surface area contributed by atoms with Crippen LogP contribution in [-0.4, -0.2) is 35.7 Å². The van der Waals surface area contributed by atoms with Crippen molar-refractivity contribution in [1.29, 1.82) is 0 Å². The summed E-state index contributed by atoms with van der Waals surface area (Å²) in [6.07, 6.45) is 3.62. The number of fused-ring (bicyclic) bond motifs is 1. The molecule has 0 fully saturated rings. The van der Waals surface area contributed by atoms with E-state index in [0.29, 0.717) is 32.5 Å². The fraction of sp³-hybridized carbons (Fsp3) is 0.241. The van der Waals surface area contributed by atoms with Crippen LogP contribution in [0.25, 0.3) is 11.0 Å². The molecule has 6 nitrogen and oxygen atoms in total. The van der Waals surface area contributed by atoms with E-state index in [0.717, 1.165) is 45.9 Å². The maximum atomic E-state index is 12.4. The van der Waals surface area contributed by atoms with Gasteiger partial charge in [-0.2, -0.15) is 0 Å². The number of amides is 1. The van der Waals surface area contributed by atoms with E-state index in [1.165, 1.54) is 0 Å². The van der Waals surface area contributed by atoms with Crippen molar-refractivity contribution in [2.75, 3.05) is 20.3 Å². The number of benzene rings is 3. The zero-order valence-corrected chi connectivity index (χ0v) is 20.1. The van der Waals surface area contributed by atoms with Gasteiger partial charge in [-0.25, -0.2) is 4.98 Å². The van der Waals surface area contributed by atoms with Crippen LogP contribution in [0.3, 0.4) is 0 Å². The minimum atomic E-state index is -0.0139. The molecule has 0 aliphatic carbocycles. The predicted molar refractivity (Wildman–Crippen MR) is 139 cm³/mol. The van der Waals surface area contributed by atoms with Gasteiger partial charge >= 0.3 is 0 Å². The smallest absolute Gasteiger partial charge is 0.224 e. The van der Waals surface area contributed by atoms with Crippen LogP contribution >= 0.6 is 0 Å². The van der Waals surface area contributed by atoms with Crippen LogP contribution in [0, 0.1) is 0 Å². The van der Waals surface area contributed by atoms with Crippen LogP contribution in [0.4, 0.5) is 0 Å². The molecule has 3 aromatic carbocycles. The number of nitrogens with one attached hydrogen (secondary N) is 1. The molecule has 1 heterocycles. The van der Waals surface area contributed by atoms with E-state index in [2.05, 4.69) is 28.6 Å². The number of ether oxygens (including phenoxy) is 2. The molecular weight excluding hydrogens is 438 g/mol. The van der Waals surface area contributed by atoms with Crippen LogP contribution < -0.4 is 14.8 Å². The lowest BCUT2D eigenvalue weighted by Gasteiger charge is -2.13. The Morgan fingerprint density at radius 1 is 1.06 bits per heavy atom. The quantitative estimate of drug-likeness (QED) is 0.304. The standard InChI is InChI=1S/C29H31N3O3/c1-3-8-23-9-4-7-12-27(23)35-20-19-32-26-11-6-5-10-25(26)31-28(32)17-18-30-29(33)21-22-13-15-24(34-2)16-14-22/h3-7,9-16H,1,8,17-21H2,2H3,(H,30,33). The summed E-state index contributed by atoms with van der Waals surface area (Å²) in [7, 11) is 1.63. The molecule has 0 aliphatic rings. The molecule has 35 heavy (non-hydrogen) atoms. The Kier molecular flexibility index (Phi) is 8.17. The second-order valence-electron chi connectivity index (χ2n) is 8.24. The number of carbonyl (C=O) groups is 1. The Balaban J connectivity index is 1.37. The van der Waals surface area contributed by atoms with Gasteiger partial charge in [0, 0.05) is 13.0 Å². The number of nitrogens with zero attached hydrogens (tertiary/aromatic N) is 2. The monoisotopic (exact) mass is 469 g/mol. The molecule has 4 rings (SSSR count). The fourth-order valence-corrected chi connectivity index (χ4v) is 4.09. The average molecular weight is 470 g/mol. The van der Waals surface area contributed by atoms with E-state index in [1.807, 2.05) is 66.7 Å². The molecule has 0 bridgehead atoms. The van der Waals surface area contributed by atoms with E-state index in [1.54, 1.807) is 7.11 Å². The molecule has 0 unspecified atom stereocenters. The maximum Gasteiger partial charge on any atom is 0.224 e. The number of rotatable bonds is 12. The molecule has 0 saturated carbocycles. The van der Waals surface area contributed by atoms with Crippen LogP contribution in [0.2, 0.25) is 0 Å². The minimum absolute atomic E-state index is 0.0139. The van der Waals surface area contributed by atoms with Gasteiger partial charge < -0.3 is 19.4 Å². The highest BCUT2D eigenvalue weighted by Crippen LogP contribution is 2.20. The van der Waals surface area contributed by atoms with Gasteiger partial charge in [-0.1, -0.05) is 48.5 Å². The molecule has 1 amide bonds. The zero-order chi connectivity index (χ0) is 24.5. The first-order valence-electron chi connectivity index (χ1n) is 11.8. The average Bonchev–Trinajstić information content (AvgIpc) is 3.23. The number of carbonyl (C=O) groups excluding carboxylic acids is 1. The molecule has 0 aliphatic heterocycles. The van der Waals surface area contributed by atoms with Gasteiger partial charge in [0.05, 0.1) is 31.1 Å². The second-order valence-corrected chi connectivity index (χ2v) is 8.24. The van der Waals surface area contributed by atoms with Crippen molar-refractivity contribution in [3.8, 4) is 11.5 Å². The maximum absolute atomic E-state index is 12.4. The third-order valence-corrected chi connectivity index (χ3v) is 5.84. The lowest BCUT2D eigenvalue weighted by atomic mass is 10.1. The Labute approximate surface area is 206 Å². The number of allylic oxidation sites excluding steroid dienone is 1. The molecule has 1 aromatic heterocycles. The van der Waals surface area contributed by atoms with Gasteiger partial charge in [0.25, 0.3) is 0 Å². The Bertz CT molecular complexity index is 1280. The molecule has 0 radical (unpaired) electrons. The molecule has 4 aromatic rings. The van der Waals surface area contributed by atoms with Gasteiger partial charge in [0.15, 0.2) is 0 Å². The van der Waals surface area contributed by atoms with E-state index in [4.69, 9.17) is 14.5 Å². The number of hydrogen-bond donors (Lipinski definition) is 1. The number of aromatic nitrogens is 2. The van der Waals surface area contributed by atoms with Crippen LogP contribution in [0.5, 0.6) is 11.5 Å². The summed E-state index contributed by atoms with van der Waals surface area (Å²) < 4.78 is 13.5. The van der Waals surface area contributed by atoms with E-state index >= 15 is 0 Å². The third kappa shape index (κ3) is 6.29. The van der Waals surface area contributed by atoms with Crippen molar-refractivity contribution in [3.05, 3.63) is 102 Å². The largest absolute Gasteiger partial charge is 0.497 e. The SMILES string of the molecule is C=CCc1ccccc1OCCn1c(CCNC(=O)Cc2ccc(OC)cc2)nc2ccccc21. The van der Waals surface area contributed by atoms with E-state index in [9.17, 15) is 4.79 Å². The zero-order valence-electron chi connectivity index (χ0n) is 20.1. The summed E-state index contributed by atoms with van der Waals surface area (Å²) in [5.41, 5.74) is 4.08. The predicted octanol–water partition coefficient (Wildman–Crippen LogP) is 4.75. The van der Waals surface area contributed by atoms with Crippen molar-refractivity contribution >= 4 is 16.9 Å². The molecule has 0 atom stereocenters. The summed E-state index contributed by atoms with van der Waals surface area (Å²) in [4.78, 5) is 17.2. The lowest BCUT2D eigenvalue weighted by Crippen LogP contribution is -2.28.